The standard InChI is InChI=1S/C27H32FN3O5/c1-16-9-8-10-18(17(16)2)20(14-25(33)34)29-26(35)21-13-24(36-15-23(32)27(3,4)5)31(30-21)22-12-7-6-11-19(22)28/h6-13,20,23,32H,14-15H2,1-5H3,(H,29,35)(H,33,34)/t20-,23+/m0/s1. The third kappa shape index (κ3) is 6.28. The molecule has 8 nitrogen and oxygen atoms in total. The Hall–Kier alpha value is -3.72. The summed E-state index contributed by atoms with van der Waals surface area (Å²) in [4.78, 5) is 24.8. The Morgan fingerprint density at radius 2 is 1.83 bits per heavy atom. The van der Waals surface area contributed by atoms with Crippen molar-refractivity contribution in [3.05, 3.63) is 76.7 Å². The van der Waals surface area contributed by atoms with E-state index in [2.05, 4.69) is 10.4 Å². The molecule has 0 fully saturated rings. The molecule has 0 bridgehead atoms. The summed E-state index contributed by atoms with van der Waals surface area (Å²) in [5, 5.41) is 26.8. The second-order valence-corrected chi connectivity index (χ2v) is 9.84. The van der Waals surface area contributed by atoms with Gasteiger partial charge in [-0.3, -0.25) is 9.59 Å². The molecule has 3 N–H and O–H groups in total. The summed E-state index contributed by atoms with van der Waals surface area (Å²) in [6.07, 6.45) is -1.16. The summed E-state index contributed by atoms with van der Waals surface area (Å²) >= 11 is 0. The van der Waals surface area contributed by atoms with E-state index in [1.807, 2.05) is 40.7 Å². The number of halogens is 1. The molecule has 0 unspecified atom stereocenters. The topological polar surface area (TPSA) is 114 Å². The van der Waals surface area contributed by atoms with Gasteiger partial charge in [0.2, 0.25) is 5.88 Å². The molecule has 0 spiro atoms. The predicted octanol–water partition coefficient (Wildman–Crippen LogP) is 4.36. The number of hydrogen-bond acceptors (Lipinski definition) is 5. The number of carbonyl (C=O) groups is 2. The van der Waals surface area contributed by atoms with Gasteiger partial charge in [0.1, 0.15) is 18.1 Å². The molecule has 0 aliphatic rings. The molecular weight excluding hydrogens is 465 g/mol. The fourth-order valence-electron chi connectivity index (χ4n) is 3.58. The third-order valence-electron chi connectivity index (χ3n) is 6.08. The zero-order valence-corrected chi connectivity index (χ0v) is 21.1. The summed E-state index contributed by atoms with van der Waals surface area (Å²) in [7, 11) is 0. The van der Waals surface area contributed by atoms with Crippen molar-refractivity contribution in [2.75, 3.05) is 6.61 Å². The van der Waals surface area contributed by atoms with Crippen LogP contribution < -0.4 is 10.1 Å². The molecule has 0 aliphatic heterocycles. The van der Waals surface area contributed by atoms with E-state index < -0.39 is 35.3 Å². The number of aryl methyl sites for hydroxylation is 1. The average molecular weight is 498 g/mol. The molecule has 3 rings (SSSR count). The van der Waals surface area contributed by atoms with Crippen LogP contribution in [0.15, 0.2) is 48.5 Å². The monoisotopic (exact) mass is 497 g/mol. The summed E-state index contributed by atoms with van der Waals surface area (Å²) in [5.74, 6) is -2.22. The minimum absolute atomic E-state index is 0.0633. The van der Waals surface area contributed by atoms with Crippen molar-refractivity contribution in [3.63, 3.8) is 0 Å². The van der Waals surface area contributed by atoms with Crippen molar-refractivity contribution in [1.82, 2.24) is 15.1 Å². The number of benzene rings is 2. The maximum Gasteiger partial charge on any atom is 0.305 e. The van der Waals surface area contributed by atoms with Gasteiger partial charge in [-0.25, -0.2) is 4.39 Å². The van der Waals surface area contributed by atoms with Crippen LogP contribution >= 0.6 is 0 Å². The van der Waals surface area contributed by atoms with Gasteiger partial charge in [-0.2, -0.15) is 9.78 Å². The number of amides is 1. The van der Waals surface area contributed by atoms with Crippen molar-refractivity contribution in [3.8, 4) is 11.6 Å². The van der Waals surface area contributed by atoms with Gasteiger partial charge in [0.15, 0.2) is 5.69 Å². The highest BCUT2D eigenvalue weighted by molar-refractivity contribution is 5.93. The highest BCUT2D eigenvalue weighted by Crippen LogP contribution is 2.27. The van der Waals surface area contributed by atoms with Crippen molar-refractivity contribution in [2.24, 2.45) is 5.41 Å². The lowest BCUT2D eigenvalue weighted by atomic mass is 9.90. The Morgan fingerprint density at radius 1 is 1.14 bits per heavy atom. The second kappa shape index (κ2) is 10.9. The van der Waals surface area contributed by atoms with Crippen molar-refractivity contribution >= 4 is 11.9 Å². The first-order valence-corrected chi connectivity index (χ1v) is 11.6. The highest BCUT2D eigenvalue weighted by Gasteiger charge is 2.26. The maximum absolute atomic E-state index is 14.6. The van der Waals surface area contributed by atoms with Crippen LogP contribution in [0, 0.1) is 25.1 Å². The van der Waals surface area contributed by atoms with Crippen LogP contribution in [0.1, 0.15) is 60.4 Å². The zero-order valence-electron chi connectivity index (χ0n) is 21.1. The minimum Gasteiger partial charge on any atom is -0.481 e. The molecule has 1 amide bonds. The summed E-state index contributed by atoms with van der Waals surface area (Å²) in [5.41, 5.74) is 2.05. The number of aliphatic hydroxyl groups is 1. The molecular formula is C27H32FN3O5. The SMILES string of the molecule is Cc1cccc([C@H](CC(=O)O)NC(=O)c2cc(OC[C@@H](O)C(C)(C)C)n(-c3ccccc3F)n2)c1C. The molecule has 2 aromatic carbocycles. The van der Waals surface area contributed by atoms with E-state index in [1.54, 1.807) is 18.2 Å². The molecule has 3 aromatic rings. The first-order valence-electron chi connectivity index (χ1n) is 11.6. The van der Waals surface area contributed by atoms with E-state index in [9.17, 15) is 24.2 Å². The number of aliphatic hydroxyl groups excluding tert-OH is 1. The number of para-hydroxylation sites is 1. The fourth-order valence-corrected chi connectivity index (χ4v) is 3.58. The average Bonchev–Trinajstić information content (AvgIpc) is 3.22. The Morgan fingerprint density at radius 3 is 2.47 bits per heavy atom. The zero-order chi connectivity index (χ0) is 26.6. The first-order chi connectivity index (χ1) is 16.9. The van der Waals surface area contributed by atoms with Crippen LogP contribution in [-0.4, -0.2) is 44.6 Å². The summed E-state index contributed by atoms with van der Waals surface area (Å²) < 4.78 is 21.5. The first kappa shape index (κ1) is 26.9. The van der Waals surface area contributed by atoms with Gasteiger partial charge in [0.05, 0.1) is 18.6 Å². The molecule has 192 valence electrons. The largest absolute Gasteiger partial charge is 0.481 e. The Balaban J connectivity index is 1.96. The number of rotatable bonds is 9. The quantitative estimate of drug-likeness (QED) is 0.405. The molecule has 36 heavy (non-hydrogen) atoms. The number of aromatic nitrogens is 2. The molecule has 2 atom stereocenters. The van der Waals surface area contributed by atoms with E-state index in [0.29, 0.717) is 5.56 Å². The van der Waals surface area contributed by atoms with Gasteiger partial charge in [-0.15, -0.1) is 0 Å². The third-order valence-corrected chi connectivity index (χ3v) is 6.08. The number of ether oxygens (including phenoxy) is 1. The molecule has 0 saturated heterocycles. The predicted molar refractivity (Wildman–Crippen MR) is 133 cm³/mol. The Labute approximate surface area is 209 Å². The number of hydrogen-bond donors (Lipinski definition) is 3. The summed E-state index contributed by atoms with van der Waals surface area (Å²) in [6, 6.07) is 11.9. The van der Waals surface area contributed by atoms with Gasteiger partial charge >= 0.3 is 5.97 Å². The highest BCUT2D eigenvalue weighted by atomic mass is 19.1. The van der Waals surface area contributed by atoms with Crippen LogP contribution in [0.3, 0.4) is 0 Å². The Bertz CT molecular complexity index is 1250. The maximum atomic E-state index is 14.6. The van der Waals surface area contributed by atoms with E-state index in [-0.39, 0.29) is 30.3 Å². The Kier molecular flexibility index (Phi) is 8.14. The lowest BCUT2D eigenvalue weighted by Crippen LogP contribution is -2.32. The number of nitrogens with zero attached hydrogens (tertiary/aromatic N) is 2. The minimum atomic E-state index is -1.07. The number of nitrogens with one attached hydrogen (secondary N) is 1. The van der Waals surface area contributed by atoms with E-state index in [1.165, 1.54) is 24.3 Å². The van der Waals surface area contributed by atoms with Gasteiger partial charge < -0.3 is 20.3 Å². The van der Waals surface area contributed by atoms with E-state index in [0.717, 1.165) is 15.8 Å². The lowest BCUT2D eigenvalue weighted by Gasteiger charge is -2.25. The van der Waals surface area contributed by atoms with Crippen LogP contribution in [0.5, 0.6) is 5.88 Å². The summed E-state index contributed by atoms with van der Waals surface area (Å²) in [6.45, 7) is 9.22. The number of aliphatic carboxylic acids is 1. The number of carboxylic acid groups (broad SMARTS) is 1. The van der Waals surface area contributed by atoms with Crippen molar-refractivity contribution in [1.29, 1.82) is 0 Å². The second-order valence-electron chi connectivity index (χ2n) is 9.84. The van der Waals surface area contributed by atoms with Crippen molar-refractivity contribution < 1.29 is 28.9 Å². The van der Waals surface area contributed by atoms with Crippen LogP contribution in [0.25, 0.3) is 5.69 Å². The molecule has 1 heterocycles. The van der Waals surface area contributed by atoms with E-state index in [4.69, 9.17) is 4.74 Å². The van der Waals surface area contributed by atoms with E-state index >= 15 is 0 Å². The number of carbonyl (C=O) groups excluding carboxylic acids is 1. The molecule has 1 aromatic heterocycles. The number of carboxylic acids is 1. The van der Waals surface area contributed by atoms with Crippen molar-refractivity contribution in [2.45, 2.75) is 53.2 Å². The molecule has 0 radical (unpaired) electrons. The lowest BCUT2D eigenvalue weighted by molar-refractivity contribution is -0.137. The smallest absolute Gasteiger partial charge is 0.305 e. The normalized spacial score (nSPS) is 13.2. The van der Waals surface area contributed by atoms with Gasteiger partial charge in [-0.1, -0.05) is 51.1 Å². The van der Waals surface area contributed by atoms with Gasteiger partial charge in [-0.05, 0) is 48.1 Å². The molecule has 0 aliphatic carbocycles. The van der Waals surface area contributed by atoms with Crippen LogP contribution in [-0.2, 0) is 4.79 Å². The van der Waals surface area contributed by atoms with Gasteiger partial charge in [0, 0.05) is 6.07 Å². The van der Waals surface area contributed by atoms with Gasteiger partial charge in [0.25, 0.3) is 5.91 Å². The molecule has 0 saturated carbocycles. The van der Waals surface area contributed by atoms with Crippen LogP contribution in [0.2, 0.25) is 0 Å². The molecule has 9 heteroatoms. The van der Waals surface area contributed by atoms with Crippen LogP contribution in [0.4, 0.5) is 4.39 Å². The fraction of sp³-hybridized carbons (Fsp3) is 0.370.